The fourth-order valence-corrected chi connectivity index (χ4v) is 2.34. The first-order valence-corrected chi connectivity index (χ1v) is 7.45. The zero-order valence-electron chi connectivity index (χ0n) is 14.1. The van der Waals surface area contributed by atoms with E-state index in [1.807, 2.05) is 0 Å². The van der Waals surface area contributed by atoms with Gasteiger partial charge in [0.05, 0.1) is 6.10 Å². The van der Waals surface area contributed by atoms with Crippen molar-refractivity contribution in [2.45, 2.75) is 58.5 Å². The Labute approximate surface area is 139 Å². The molecule has 1 heterocycles. The number of hydrogen-bond donors (Lipinski definition) is 0. The molecule has 0 aromatic rings. The first-order chi connectivity index (χ1) is 11.2. The maximum Gasteiger partial charge on any atom is 0.303 e. The summed E-state index contributed by atoms with van der Waals surface area (Å²) in [5, 5.41) is 0. The standard InChI is InChI=1S/C15H22O9/c1-8(16)20-6-12-5-13(22-10(3)18)15(23-11(4)19)14(24-12)7-21-9(2)17/h12-15H,5-7H2,1-4H3/t12-,13-,14?,15-/m0/s1. The Morgan fingerprint density at radius 3 is 1.88 bits per heavy atom. The minimum Gasteiger partial charge on any atom is -0.463 e. The average molecular weight is 346 g/mol. The third-order valence-electron chi connectivity index (χ3n) is 3.14. The lowest BCUT2D eigenvalue weighted by molar-refractivity contribution is -0.220. The van der Waals surface area contributed by atoms with Crippen LogP contribution in [0.5, 0.6) is 0 Å². The third kappa shape index (κ3) is 6.95. The molecule has 9 nitrogen and oxygen atoms in total. The van der Waals surface area contributed by atoms with Crippen molar-refractivity contribution in [3.8, 4) is 0 Å². The molecule has 0 radical (unpaired) electrons. The zero-order chi connectivity index (χ0) is 18.3. The van der Waals surface area contributed by atoms with Crippen molar-refractivity contribution < 1.29 is 42.9 Å². The van der Waals surface area contributed by atoms with Gasteiger partial charge in [-0.1, -0.05) is 0 Å². The average Bonchev–Trinajstić information content (AvgIpc) is 2.44. The van der Waals surface area contributed by atoms with E-state index in [2.05, 4.69) is 0 Å². The highest BCUT2D eigenvalue weighted by Crippen LogP contribution is 2.26. The topological polar surface area (TPSA) is 114 Å². The van der Waals surface area contributed by atoms with Crippen molar-refractivity contribution in [2.24, 2.45) is 0 Å². The van der Waals surface area contributed by atoms with Crippen LogP contribution in [0.25, 0.3) is 0 Å². The zero-order valence-corrected chi connectivity index (χ0v) is 14.1. The van der Waals surface area contributed by atoms with Crippen LogP contribution < -0.4 is 0 Å². The van der Waals surface area contributed by atoms with Gasteiger partial charge in [-0.3, -0.25) is 19.2 Å². The normalized spacial score (nSPS) is 26.2. The van der Waals surface area contributed by atoms with Gasteiger partial charge in [0.2, 0.25) is 0 Å². The Morgan fingerprint density at radius 1 is 0.833 bits per heavy atom. The highest BCUT2D eigenvalue weighted by molar-refractivity contribution is 5.68. The molecule has 0 N–H and O–H groups in total. The van der Waals surface area contributed by atoms with Crippen molar-refractivity contribution in [1.29, 1.82) is 0 Å². The van der Waals surface area contributed by atoms with Crippen LogP contribution in [-0.2, 0) is 42.9 Å². The molecule has 4 atom stereocenters. The molecule has 0 saturated carbocycles. The number of rotatable bonds is 6. The van der Waals surface area contributed by atoms with Gasteiger partial charge in [0.25, 0.3) is 0 Å². The van der Waals surface area contributed by atoms with Crippen molar-refractivity contribution in [3.05, 3.63) is 0 Å². The highest BCUT2D eigenvalue weighted by Gasteiger charge is 2.43. The van der Waals surface area contributed by atoms with Crippen LogP contribution in [-0.4, -0.2) is 61.5 Å². The molecule has 1 unspecified atom stereocenters. The number of hydrogen-bond acceptors (Lipinski definition) is 9. The van der Waals surface area contributed by atoms with Crippen molar-refractivity contribution >= 4 is 23.9 Å². The quantitative estimate of drug-likeness (QED) is 0.489. The van der Waals surface area contributed by atoms with Gasteiger partial charge in [-0.25, -0.2) is 0 Å². The van der Waals surface area contributed by atoms with E-state index < -0.39 is 48.3 Å². The van der Waals surface area contributed by atoms with E-state index in [1.54, 1.807) is 0 Å². The Balaban J connectivity index is 2.90. The summed E-state index contributed by atoms with van der Waals surface area (Å²) >= 11 is 0. The minimum atomic E-state index is -0.931. The lowest BCUT2D eigenvalue weighted by Crippen LogP contribution is -2.54. The first kappa shape index (κ1) is 19.9. The smallest absolute Gasteiger partial charge is 0.303 e. The van der Waals surface area contributed by atoms with Crippen LogP contribution in [0.4, 0.5) is 0 Å². The maximum atomic E-state index is 11.3. The Bertz CT molecular complexity index is 487. The predicted molar refractivity (Wildman–Crippen MR) is 77.7 cm³/mol. The van der Waals surface area contributed by atoms with Crippen molar-refractivity contribution in [1.82, 2.24) is 0 Å². The van der Waals surface area contributed by atoms with Crippen molar-refractivity contribution in [2.75, 3.05) is 13.2 Å². The van der Waals surface area contributed by atoms with E-state index >= 15 is 0 Å². The van der Waals surface area contributed by atoms with E-state index in [-0.39, 0.29) is 19.6 Å². The maximum absolute atomic E-state index is 11.3. The lowest BCUT2D eigenvalue weighted by Gasteiger charge is -2.39. The number of carbonyl (C=O) groups is 4. The fraction of sp³-hybridized carbons (Fsp3) is 0.733. The number of ether oxygens (including phenoxy) is 5. The largest absolute Gasteiger partial charge is 0.463 e. The molecule has 0 aromatic carbocycles. The van der Waals surface area contributed by atoms with Crippen LogP contribution in [0.15, 0.2) is 0 Å². The van der Waals surface area contributed by atoms with E-state index in [1.165, 1.54) is 27.7 Å². The van der Waals surface area contributed by atoms with Crippen LogP contribution in [0.3, 0.4) is 0 Å². The molecular weight excluding hydrogens is 324 g/mol. The molecule has 1 aliphatic heterocycles. The fourth-order valence-electron chi connectivity index (χ4n) is 2.34. The second-order valence-electron chi connectivity index (χ2n) is 5.36. The van der Waals surface area contributed by atoms with Gasteiger partial charge in [0, 0.05) is 34.1 Å². The summed E-state index contributed by atoms with van der Waals surface area (Å²) in [6, 6.07) is 0. The van der Waals surface area contributed by atoms with Gasteiger partial charge in [-0.2, -0.15) is 0 Å². The molecule has 1 saturated heterocycles. The molecule has 0 aliphatic carbocycles. The summed E-state index contributed by atoms with van der Waals surface area (Å²) in [5.74, 6) is -2.17. The molecule has 0 aromatic heterocycles. The summed E-state index contributed by atoms with van der Waals surface area (Å²) in [4.78, 5) is 44.6. The molecule has 1 aliphatic rings. The summed E-state index contributed by atoms with van der Waals surface area (Å²) < 4.78 is 25.9. The summed E-state index contributed by atoms with van der Waals surface area (Å²) in [6.45, 7) is 4.66. The van der Waals surface area contributed by atoms with E-state index in [0.29, 0.717) is 0 Å². The van der Waals surface area contributed by atoms with Gasteiger partial charge >= 0.3 is 23.9 Å². The summed E-state index contributed by atoms with van der Waals surface area (Å²) in [6.07, 6.45) is -3.01. The molecular formula is C15H22O9. The highest BCUT2D eigenvalue weighted by atomic mass is 16.6. The molecule has 24 heavy (non-hydrogen) atoms. The SMILES string of the molecule is CC(=O)OCC1O[C@H](COC(C)=O)C[C@H](OC(C)=O)[C@@H]1OC(C)=O. The molecule has 0 bridgehead atoms. The van der Waals surface area contributed by atoms with E-state index in [0.717, 1.165) is 0 Å². The summed E-state index contributed by atoms with van der Waals surface area (Å²) in [7, 11) is 0. The number of esters is 4. The predicted octanol–water partition coefficient (Wildman–Crippen LogP) is 0.134. The summed E-state index contributed by atoms with van der Waals surface area (Å²) in [5.41, 5.74) is 0. The van der Waals surface area contributed by atoms with E-state index in [4.69, 9.17) is 23.7 Å². The second kappa shape index (κ2) is 9.21. The molecule has 136 valence electrons. The Kier molecular flexibility index (Phi) is 7.63. The first-order valence-electron chi connectivity index (χ1n) is 7.45. The third-order valence-corrected chi connectivity index (χ3v) is 3.14. The monoisotopic (exact) mass is 346 g/mol. The Morgan fingerprint density at radius 2 is 1.38 bits per heavy atom. The second-order valence-corrected chi connectivity index (χ2v) is 5.36. The van der Waals surface area contributed by atoms with Crippen LogP contribution in [0.1, 0.15) is 34.1 Å². The van der Waals surface area contributed by atoms with Crippen LogP contribution >= 0.6 is 0 Å². The Hall–Kier alpha value is -2.16. The molecule has 0 amide bonds. The molecule has 9 heteroatoms. The van der Waals surface area contributed by atoms with Gasteiger partial charge in [-0.05, 0) is 0 Å². The van der Waals surface area contributed by atoms with E-state index in [9.17, 15) is 19.2 Å². The van der Waals surface area contributed by atoms with Gasteiger partial charge in [-0.15, -0.1) is 0 Å². The molecule has 1 fully saturated rings. The minimum absolute atomic E-state index is 0.0591. The van der Waals surface area contributed by atoms with Gasteiger partial charge in [0.15, 0.2) is 6.10 Å². The molecule has 0 spiro atoms. The number of carbonyl (C=O) groups excluding carboxylic acids is 4. The van der Waals surface area contributed by atoms with Crippen molar-refractivity contribution in [3.63, 3.8) is 0 Å². The van der Waals surface area contributed by atoms with Crippen LogP contribution in [0, 0.1) is 0 Å². The van der Waals surface area contributed by atoms with Gasteiger partial charge in [0.1, 0.15) is 25.4 Å². The molecule has 1 rings (SSSR count). The van der Waals surface area contributed by atoms with Crippen LogP contribution in [0.2, 0.25) is 0 Å². The van der Waals surface area contributed by atoms with Gasteiger partial charge < -0.3 is 23.7 Å². The lowest BCUT2D eigenvalue weighted by atomic mass is 9.97.